The Labute approximate surface area is 188 Å². The third-order valence-electron chi connectivity index (χ3n) is 5.15. The van der Waals surface area contributed by atoms with Crippen LogP contribution in [-0.4, -0.2) is 23.9 Å². The number of halogens is 3. The Bertz CT molecular complexity index is 1390. The van der Waals surface area contributed by atoms with E-state index in [4.69, 9.17) is 4.74 Å². The van der Waals surface area contributed by atoms with Crippen molar-refractivity contribution in [1.29, 1.82) is 0 Å². The number of imidazole rings is 1. The molecular weight excluding hydrogens is 435 g/mol. The van der Waals surface area contributed by atoms with Crippen LogP contribution in [0.25, 0.3) is 22.3 Å². The van der Waals surface area contributed by atoms with Gasteiger partial charge in [-0.3, -0.25) is 13.8 Å². The van der Waals surface area contributed by atoms with Crippen molar-refractivity contribution in [3.63, 3.8) is 0 Å². The minimum atomic E-state index is -4.53. The summed E-state index contributed by atoms with van der Waals surface area (Å²) in [5, 5.41) is 3.76. The van der Waals surface area contributed by atoms with Gasteiger partial charge in [-0.15, -0.1) is 5.10 Å². The molecule has 0 saturated carbocycles. The molecule has 174 valence electrons. The van der Waals surface area contributed by atoms with Crippen LogP contribution in [0.4, 0.5) is 13.2 Å². The highest BCUT2D eigenvalue weighted by molar-refractivity contribution is 5.82. The monoisotopic (exact) mass is 459 g/mol. The van der Waals surface area contributed by atoms with Crippen molar-refractivity contribution in [1.82, 2.24) is 23.9 Å². The van der Waals surface area contributed by atoms with E-state index < -0.39 is 11.9 Å². The number of nitrogens with zero attached hydrogens (tertiary/aromatic N) is 5. The first-order valence-electron chi connectivity index (χ1n) is 10.3. The molecule has 0 aliphatic heterocycles. The van der Waals surface area contributed by atoms with Crippen molar-refractivity contribution < 1.29 is 17.9 Å². The number of benzene rings is 1. The standard InChI is InChI=1S/C23H24F3N5O2/c1-22(2,3)13-31-16-10-9-14(11-17(16)29(4)21(31)32)15-7-6-8-19(27-15)33-20-12-18(23(24,25)26)30(5)28-20/h6-12H,13H2,1-5H3. The first-order valence-corrected chi connectivity index (χ1v) is 10.3. The summed E-state index contributed by atoms with van der Waals surface area (Å²) in [6, 6.07) is 11.4. The van der Waals surface area contributed by atoms with E-state index in [1.807, 2.05) is 18.2 Å². The zero-order valence-corrected chi connectivity index (χ0v) is 18.9. The van der Waals surface area contributed by atoms with Crippen LogP contribution in [0.1, 0.15) is 26.5 Å². The molecule has 3 heterocycles. The van der Waals surface area contributed by atoms with Crippen LogP contribution in [0.2, 0.25) is 0 Å². The van der Waals surface area contributed by atoms with Gasteiger partial charge < -0.3 is 4.74 Å². The molecule has 0 spiro atoms. The molecule has 10 heteroatoms. The Kier molecular flexibility index (Phi) is 5.34. The normalized spacial score (nSPS) is 12.5. The van der Waals surface area contributed by atoms with Crippen LogP contribution in [0.5, 0.6) is 11.8 Å². The molecular formula is C23H24F3N5O2. The van der Waals surface area contributed by atoms with E-state index in [1.54, 1.807) is 34.4 Å². The molecule has 0 amide bonds. The topological polar surface area (TPSA) is 66.9 Å². The number of fused-ring (bicyclic) bond motifs is 1. The maximum absolute atomic E-state index is 13.0. The van der Waals surface area contributed by atoms with Gasteiger partial charge in [-0.05, 0) is 23.6 Å². The number of aromatic nitrogens is 5. The molecule has 1 aromatic carbocycles. The van der Waals surface area contributed by atoms with Crippen molar-refractivity contribution in [2.24, 2.45) is 19.5 Å². The molecule has 0 atom stereocenters. The molecule has 0 fully saturated rings. The van der Waals surface area contributed by atoms with Gasteiger partial charge in [0.25, 0.3) is 0 Å². The number of aryl methyl sites for hydroxylation is 2. The summed E-state index contributed by atoms with van der Waals surface area (Å²) in [6.07, 6.45) is -4.53. The lowest BCUT2D eigenvalue weighted by Gasteiger charge is -2.18. The highest BCUT2D eigenvalue weighted by Gasteiger charge is 2.35. The number of pyridine rings is 1. The minimum absolute atomic E-state index is 0.0680. The second-order valence-corrected chi connectivity index (χ2v) is 9.14. The van der Waals surface area contributed by atoms with Gasteiger partial charge in [0, 0.05) is 38.3 Å². The Hall–Kier alpha value is -3.56. The van der Waals surface area contributed by atoms with Crippen LogP contribution in [0.3, 0.4) is 0 Å². The first kappa shape index (κ1) is 22.6. The molecule has 33 heavy (non-hydrogen) atoms. The number of hydrogen-bond acceptors (Lipinski definition) is 4. The summed E-state index contributed by atoms with van der Waals surface area (Å²) in [4.78, 5) is 17.2. The zero-order chi connectivity index (χ0) is 24.1. The van der Waals surface area contributed by atoms with Crippen molar-refractivity contribution in [2.45, 2.75) is 33.5 Å². The maximum Gasteiger partial charge on any atom is 0.433 e. The predicted octanol–water partition coefficient (Wildman–Crippen LogP) is 4.99. The van der Waals surface area contributed by atoms with Gasteiger partial charge in [0.2, 0.25) is 11.8 Å². The molecule has 0 N–H and O–H groups in total. The van der Waals surface area contributed by atoms with E-state index in [0.29, 0.717) is 12.2 Å². The summed E-state index contributed by atoms with van der Waals surface area (Å²) in [6.45, 7) is 6.79. The number of ether oxygens (including phenoxy) is 1. The van der Waals surface area contributed by atoms with Gasteiger partial charge in [-0.25, -0.2) is 9.78 Å². The van der Waals surface area contributed by atoms with E-state index in [-0.39, 0.29) is 22.9 Å². The van der Waals surface area contributed by atoms with Crippen molar-refractivity contribution >= 4 is 11.0 Å². The SMILES string of the molecule is Cn1nc(Oc2cccc(-c3ccc4c(c3)n(C)c(=O)n4CC(C)(C)C)n2)cc1C(F)(F)F. The first-order chi connectivity index (χ1) is 15.3. The lowest BCUT2D eigenvalue weighted by molar-refractivity contribution is -0.143. The molecule has 0 saturated heterocycles. The molecule has 4 rings (SSSR count). The van der Waals surface area contributed by atoms with Gasteiger partial charge in [0.15, 0.2) is 0 Å². The second kappa shape index (κ2) is 7.79. The fourth-order valence-corrected chi connectivity index (χ4v) is 3.69. The Balaban J connectivity index is 1.68. The average molecular weight is 459 g/mol. The van der Waals surface area contributed by atoms with Crippen LogP contribution < -0.4 is 10.4 Å². The molecule has 0 aliphatic carbocycles. The van der Waals surface area contributed by atoms with Gasteiger partial charge >= 0.3 is 11.9 Å². The van der Waals surface area contributed by atoms with Gasteiger partial charge in [-0.1, -0.05) is 32.9 Å². The van der Waals surface area contributed by atoms with E-state index in [0.717, 1.165) is 27.3 Å². The van der Waals surface area contributed by atoms with Gasteiger partial charge in [-0.2, -0.15) is 13.2 Å². The smallest absolute Gasteiger partial charge is 0.419 e. The Morgan fingerprint density at radius 1 is 0.970 bits per heavy atom. The van der Waals surface area contributed by atoms with E-state index in [9.17, 15) is 18.0 Å². The second-order valence-electron chi connectivity index (χ2n) is 9.14. The van der Waals surface area contributed by atoms with Crippen LogP contribution in [0.15, 0.2) is 47.3 Å². The summed E-state index contributed by atoms with van der Waals surface area (Å²) < 4.78 is 48.6. The zero-order valence-electron chi connectivity index (χ0n) is 18.9. The van der Waals surface area contributed by atoms with E-state index >= 15 is 0 Å². The Morgan fingerprint density at radius 3 is 2.33 bits per heavy atom. The van der Waals surface area contributed by atoms with Crippen molar-refractivity contribution in [3.05, 3.63) is 58.6 Å². The largest absolute Gasteiger partial charge is 0.433 e. The molecule has 0 unspecified atom stereocenters. The molecule has 0 bridgehead atoms. The number of hydrogen-bond donors (Lipinski definition) is 0. The predicted molar refractivity (Wildman–Crippen MR) is 118 cm³/mol. The highest BCUT2D eigenvalue weighted by Crippen LogP contribution is 2.32. The summed E-state index contributed by atoms with van der Waals surface area (Å²) in [5.41, 5.74) is 1.79. The number of rotatable bonds is 4. The fraction of sp³-hybridized carbons (Fsp3) is 0.348. The summed E-state index contributed by atoms with van der Waals surface area (Å²) in [7, 11) is 2.92. The maximum atomic E-state index is 13.0. The average Bonchev–Trinajstić information content (AvgIpc) is 3.20. The summed E-state index contributed by atoms with van der Waals surface area (Å²) in [5.74, 6) is -0.0924. The third kappa shape index (κ3) is 4.50. The molecule has 0 radical (unpaired) electrons. The van der Waals surface area contributed by atoms with Crippen LogP contribution in [-0.2, 0) is 26.8 Å². The lowest BCUT2D eigenvalue weighted by atomic mass is 9.97. The van der Waals surface area contributed by atoms with Crippen LogP contribution >= 0.6 is 0 Å². The van der Waals surface area contributed by atoms with E-state index in [1.165, 1.54) is 7.05 Å². The van der Waals surface area contributed by atoms with Gasteiger partial charge in [0.05, 0.1) is 16.7 Å². The molecule has 3 aromatic heterocycles. The summed E-state index contributed by atoms with van der Waals surface area (Å²) >= 11 is 0. The molecule has 0 aliphatic rings. The quantitative estimate of drug-likeness (QED) is 0.431. The number of alkyl halides is 3. The Morgan fingerprint density at radius 2 is 1.70 bits per heavy atom. The minimum Gasteiger partial charge on any atom is -0.419 e. The van der Waals surface area contributed by atoms with E-state index in [2.05, 4.69) is 30.9 Å². The lowest BCUT2D eigenvalue weighted by Crippen LogP contribution is -2.27. The fourth-order valence-electron chi connectivity index (χ4n) is 3.69. The molecule has 7 nitrogen and oxygen atoms in total. The van der Waals surface area contributed by atoms with Crippen molar-refractivity contribution in [3.8, 4) is 23.0 Å². The van der Waals surface area contributed by atoms with Crippen LogP contribution in [0, 0.1) is 5.41 Å². The highest BCUT2D eigenvalue weighted by atomic mass is 19.4. The van der Waals surface area contributed by atoms with Gasteiger partial charge in [0.1, 0.15) is 5.69 Å². The molecule has 4 aromatic rings. The van der Waals surface area contributed by atoms with Crippen molar-refractivity contribution in [2.75, 3.05) is 0 Å². The third-order valence-corrected chi connectivity index (χ3v) is 5.15.